The van der Waals surface area contributed by atoms with Crippen molar-refractivity contribution in [3.05, 3.63) is 67.6 Å². The summed E-state index contributed by atoms with van der Waals surface area (Å²) in [6.45, 7) is 25.8. The summed E-state index contributed by atoms with van der Waals surface area (Å²) in [6.07, 6.45) is 0.834. The molecule has 56 heavy (non-hydrogen) atoms. The largest absolute Gasteiger partial charge is 0.463 e. The predicted octanol–water partition coefficient (Wildman–Crippen LogP) is 6.11. The minimum Gasteiger partial charge on any atom is -0.463 e. The zero-order chi connectivity index (χ0) is 43.3. The van der Waals surface area contributed by atoms with Crippen LogP contribution >= 0.6 is 0 Å². The second-order valence-corrected chi connectivity index (χ2v) is 15.1. The lowest BCUT2D eigenvalue weighted by molar-refractivity contribution is -0.151. The fourth-order valence-corrected chi connectivity index (χ4v) is 5.44. The molecule has 0 aromatic heterocycles. The first-order chi connectivity index (χ1) is 25.8. The fraction of sp³-hybridized carbons (Fsp3) is 0.561. The molecule has 3 aliphatic heterocycles. The highest BCUT2D eigenvalue weighted by atomic mass is 16.6. The van der Waals surface area contributed by atoms with Gasteiger partial charge in [-0.05, 0) is 96.9 Å². The van der Waals surface area contributed by atoms with Crippen LogP contribution in [0.1, 0.15) is 123 Å². The molecule has 0 saturated carbocycles. The standard InChI is InChI=1S/C17H27NO4.C13H19NO4.C11H17N3O2.5H2/c1-10-12(14(19)21-16(3,4)5)9-13(11(2)18-10)15(20)22-17(6,7)8;1-5-17-12(15)10-7-11(13(16)18-6-2)9(4)14-8(10)3;1-6-8(10(15)12-3)5-9(7(2)14-6)11(16)13-4;;;;;/h18H,9H2,1-8H3;14H,5-7H2,1-4H3;14H,5H2,1-4H3,(H,12,15)(H,13,16);5*1H. The van der Waals surface area contributed by atoms with Gasteiger partial charge >= 0.3 is 23.9 Å². The van der Waals surface area contributed by atoms with Crippen LogP contribution in [-0.2, 0) is 47.7 Å². The molecule has 2 amide bonds. The maximum atomic E-state index is 12.3. The molecule has 0 spiro atoms. The molecule has 0 atom stereocenters. The number of hydrogen-bond acceptors (Lipinski definition) is 13. The van der Waals surface area contributed by atoms with E-state index in [0.29, 0.717) is 64.5 Å². The van der Waals surface area contributed by atoms with Gasteiger partial charge in [0, 0.05) is 85.8 Å². The molecule has 0 fully saturated rings. The summed E-state index contributed by atoms with van der Waals surface area (Å²) in [7, 11) is 3.15. The summed E-state index contributed by atoms with van der Waals surface area (Å²) in [6, 6.07) is 0. The average Bonchev–Trinajstić information content (AvgIpc) is 3.06. The van der Waals surface area contributed by atoms with E-state index in [-0.39, 0.29) is 31.8 Å². The molecule has 0 radical (unpaired) electrons. The van der Waals surface area contributed by atoms with Crippen molar-refractivity contribution in [1.29, 1.82) is 0 Å². The molecule has 0 bridgehead atoms. The quantitative estimate of drug-likeness (QED) is 0.139. The SMILES string of the molecule is CC1=C(C(=O)OC(C)(C)C)CC(C(=O)OC(C)(C)C)=C(C)N1.CCOC(=O)C1=C(C)NC(C)=C(C(=O)OCC)C1.CNC(=O)C1=C(C)NC(C)=C(C(=O)NC)C1.[HH].[HH].[HH].[HH].[HH]. The predicted molar refractivity (Wildman–Crippen MR) is 223 cm³/mol. The topological polar surface area (TPSA) is 199 Å². The Labute approximate surface area is 339 Å². The van der Waals surface area contributed by atoms with E-state index >= 15 is 0 Å². The fourth-order valence-electron chi connectivity index (χ4n) is 5.44. The molecule has 15 nitrogen and oxygen atoms in total. The lowest BCUT2D eigenvalue weighted by Crippen LogP contribution is -2.32. The number of hydrogen-bond donors (Lipinski definition) is 5. The number of ether oxygens (including phenoxy) is 4. The van der Waals surface area contributed by atoms with Gasteiger partial charge in [0.2, 0.25) is 11.8 Å². The third-order valence-corrected chi connectivity index (χ3v) is 8.24. The molecule has 0 saturated heterocycles. The second kappa shape index (κ2) is 21.1. The van der Waals surface area contributed by atoms with E-state index in [9.17, 15) is 28.8 Å². The van der Waals surface area contributed by atoms with Crippen molar-refractivity contribution >= 4 is 35.7 Å². The first-order valence-electron chi connectivity index (χ1n) is 18.6. The Morgan fingerprint density at radius 3 is 0.946 bits per heavy atom. The Kier molecular flexibility index (Phi) is 18.3. The molecule has 322 valence electrons. The van der Waals surface area contributed by atoms with Crippen molar-refractivity contribution < 1.29 is 54.8 Å². The minimum absolute atomic E-state index is 0. The lowest BCUT2D eigenvalue weighted by Gasteiger charge is -2.27. The number of esters is 4. The van der Waals surface area contributed by atoms with Gasteiger partial charge in [-0.15, -0.1) is 0 Å². The van der Waals surface area contributed by atoms with Gasteiger partial charge in [-0.3, -0.25) is 9.59 Å². The molecule has 0 unspecified atom stereocenters. The smallest absolute Gasteiger partial charge is 0.336 e. The summed E-state index contributed by atoms with van der Waals surface area (Å²) in [5.74, 6) is -1.91. The van der Waals surface area contributed by atoms with Crippen LogP contribution in [0.25, 0.3) is 0 Å². The number of carbonyl (C=O) groups is 6. The van der Waals surface area contributed by atoms with Gasteiger partial charge in [-0.1, -0.05) is 0 Å². The first kappa shape index (κ1) is 48.7. The van der Waals surface area contributed by atoms with E-state index in [1.54, 1.807) is 55.6 Å². The van der Waals surface area contributed by atoms with Crippen LogP contribution in [-0.4, -0.2) is 74.2 Å². The molecule has 0 aliphatic carbocycles. The van der Waals surface area contributed by atoms with Gasteiger partial charge in [0.15, 0.2) is 0 Å². The van der Waals surface area contributed by atoms with Crippen LogP contribution in [0.2, 0.25) is 0 Å². The van der Waals surface area contributed by atoms with Gasteiger partial charge in [0.1, 0.15) is 11.2 Å². The van der Waals surface area contributed by atoms with Crippen LogP contribution in [0.15, 0.2) is 67.6 Å². The normalized spacial score (nSPS) is 15.9. The molecule has 5 N–H and O–H groups in total. The second-order valence-electron chi connectivity index (χ2n) is 15.1. The van der Waals surface area contributed by atoms with E-state index in [1.807, 2.05) is 55.4 Å². The van der Waals surface area contributed by atoms with Crippen LogP contribution in [0, 0.1) is 0 Å². The van der Waals surface area contributed by atoms with E-state index in [2.05, 4.69) is 26.6 Å². The molecule has 3 rings (SSSR count). The van der Waals surface area contributed by atoms with Gasteiger partial charge in [0.25, 0.3) is 0 Å². The Bertz CT molecular complexity index is 1660. The highest BCUT2D eigenvalue weighted by molar-refractivity contribution is 6.01. The van der Waals surface area contributed by atoms with Crippen molar-refractivity contribution in [2.45, 2.75) is 127 Å². The van der Waals surface area contributed by atoms with Crippen LogP contribution in [0.3, 0.4) is 0 Å². The summed E-state index contributed by atoms with van der Waals surface area (Å²) in [5, 5.41) is 14.3. The Morgan fingerprint density at radius 1 is 0.482 bits per heavy atom. The van der Waals surface area contributed by atoms with Gasteiger partial charge in [0.05, 0.1) is 35.5 Å². The molecule has 3 aliphatic rings. The number of amides is 2. The van der Waals surface area contributed by atoms with E-state index < -0.39 is 35.1 Å². The van der Waals surface area contributed by atoms with Crippen molar-refractivity contribution in [3.8, 4) is 0 Å². The number of rotatable bonds is 8. The molecular formula is C41H73N5O10. The summed E-state index contributed by atoms with van der Waals surface area (Å²) in [5.41, 5.74) is 6.38. The van der Waals surface area contributed by atoms with E-state index in [4.69, 9.17) is 18.9 Å². The zero-order valence-electron chi connectivity index (χ0n) is 36.1. The van der Waals surface area contributed by atoms with Gasteiger partial charge in [-0.2, -0.15) is 0 Å². The highest BCUT2D eigenvalue weighted by Crippen LogP contribution is 2.28. The van der Waals surface area contributed by atoms with Gasteiger partial charge < -0.3 is 45.5 Å². The third-order valence-electron chi connectivity index (χ3n) is 8.24. The number of allylic oxidation sites excluding steroid dienone is 6. The third kappa shape index (κ3) is 14.7. The Hall–Kier alpha value is -5.34. The lowest BCUT2D eigenvalue weighted by atomic mass is 9.97. The number of nitrogens with one attached hydrogen (secondary N) is 5. The zero-order valence-corrected chi connectivity index (χ0v) is 36.1. The Balaban J connectivity index is -0.000000250. The minimum atomic E-state index is -0.577. The van der Waals surface area contributed by atoms with Crippen LogP contribution in [0.5, 0.6) is 0 Å². The van der Waals surface area contributed by atoms with Crippen molar-refractivity contribution in [2.24, 2.45) is 0 Å². The maximum absolute atomic E-state index is 12.3. The number of dihydropyridines is 3. The average molecular weight is 796 g/mol. The van der Waals surface area contributed by atoms with E-state index in [0.717, 1.165) is 22.8 Å². The number of carbonyl (C=O) groups excluding carboxylic acids is 6. The summed E-state index contributed by atoms with van der Waals surface area (Å²) in [4.78, 5) is 71.2. The van der Waals surface area contributed by atoms with Crippen molar-refractivity contribution in [2.75, 3.05) is 27.3 Å². The van der Waals surface area contributed by atoms with Crippen LogP contribution < -0.4 is 26.6 Å². The van der Waals surface area contributed by atoms with E-state index in [1.165, 1.54) is 0 Å². The summed E-state index contributed by atoms with van der Waals surface area (Å²) < 4.78 is 20.7. The molecule has 3 heterocycles. The van der Waals surface area contributed by atoms with Crippen molar-refractivity contribution in [3.63, 3.8) is 0 Å². The van der Waals surface area contributed by atoms with Gasteiger partial charge in [-0.25, -0.2) is 19.2 Å². The molecule has 0 aromatic rings. The van der Waals surface area contributed by atoms with Crippen molar-refractivity contribution in [1.82, 2.24) is 26.6 Å². The molecule has 15 heteroatoms. The summed E-state index contributed by atoms with van der Waals surface area (Å²) >= 11 is 0. The highest BCUT2D eigenvalue weighted by Gasteiger charge is 2.31. The monoisotopic (exact) mass is 796 g/mol. The van der Waals surface area contributed by atoms with Crippen LogP contribution in [0.4, 0.5) is 0 Å². The maximum Gasteiger partial charge on any atom is 0.336 e. The molecule has 0 aromatic carbocycles. The molecular weight excluding hydrogens is 722 g/mol. The number of likely N-dealkylation sites (N-methyl/N-ethyl adjacent to an activating group) is 2. The Morgan fingerprint density at radius 2 is 0.714 bits per heavy atom. The first-order valence-corrected chi connectivity index (χ1v) is 18.6.